The first-order valence-corrected chi connectivity index (χ1v) is 8.70. The maximum absolute atomic E-state index is 12.3. The van der Waals surface area contributed by atoms with Crippen LogP contribution in [-0.2, 0) is 16.1 Å². The van der Waals surface area contributed by atoms with Gasteiger partial charge in [-0.2, -0.15) is 0 Å². The van der Waals surface area contributed by atoms with Gasteiger partial charge in [0.15, 0.2) is 0 Å². The average molecular weight is 320 g/mol. The molecular weight excluding hydrogens is 292 g/mol. The molecule has 3 heterocycles. The molecule has 5 nitrogen and oxygen atoms in total. The normalized spacial score (nSPS) is 26.2. The van der Waals surface area contributed by atoms with Crippen molar-refractivity contribution in [3.63, 3.8) is 0 Å². The van der Waals surface area contributed by atoms with E-state index in [0.29, 0.717) is 18.9 Å². The van der Waals surface area contributed by atoms with Crippen LogP contribution in [0, 0.1) is 6.92 Å². The van der Waals surface area contributed by atoms with Crippen LogP contribution in [0.4, 0.5) is 0 Å². The first-order valence-electron chi connectivity index (χ1n) is 8.70. The maximum atomic E-state index is 12.3. The van der Waals surface area contributed by atoms with Crippen molar-refractivity contribution in [1.82, 2.24) is 9.80 Å². The van der Waals surface area contributed by atoms with Crippen LogP contribution in [0.2, 0.25) is 0 Å². The van der Waals surface area contributed by atoms with Gasteiger partial charge in [-0.25, -0.2) is 0 Å². The lowest BCUT2D eigenvalue weighted by atomic mass is 9.88. The molecule has 0 N–H and O–H groups in total. The van der Waals surface area contributed by atoms with Crippen molar-refractivity contribution in [2.75, 3.05) is 33.4 Å². The number of carbonyl (C=O) groups is 1. The largest absolute Gasteiger partial charge is 0.465 e. The predicted molar refractivity (Wildman–Crippen MR) is 88.1 cm³/mol. The molecule has 0 aromatic carbocycles. The van der Waals surface area contributed by atoms with Gasteiger partial charge in [0.2, 0.25) is 5.91 Å². The molecule has 0 radical (unpaired) electrons. The van der Waals surface area contributed by atoms with E-state index in [0.717, 1.165) is 63.4 Å². The number of furan rings is 1. The number of hydrogen-bond acceptors (Lipinski definition) is 4. The van der Waals surface area contributed by atoms with Crippen molar-refractivity contribution in [2.24, 2.45) is 0 Å². The Labute approximate surface area is 138 Å². The van der Waals surface area contributed by atoms with Crippen LogP contribution in [0.3, 0.4) is 0 Å². The number of amides is 1. The number of likely N-dealkylation sites (tertiary alicyclic amines) is 2. The number of hydrogen-bond donors (Lipinski definition) is 0. The number of ether oxygens (including phenoxy) is 1. The molecule has 2 aliphatic rings. The number of nitrogens with zero attached hydrogens (tertiary/aromatic N) is 2. The third-order valence-electron chi connectivity index (χ3n) is 5.38. The Morgan fingerprint density at radius 3 is 2.87 bits per heavy atom. The lowest BCUT2D eigenvalue weighted by molar-refractivity contribution is -0.132. The van der Waals surface area contributed by atoms with E-state index in [1.165, 1.54) is 0 Å². The highest BCUT2D eigenvalue weighted by molar-refractivity contribution is 5.79. The molecule has 1 amide bonds. The van der Waals surface area contributed by atoms with Crippen LogP contribution < -0.4 is 0 Å². The van der Waals surface area contributed by atoms with Crippen molar-refractivity contribution < 1.29 is 13.9 Å². The van der Waals surface area contributed by atoms with Crippen LogP contribution in [0.25, 0.3) is 0 Å². The molecule has 0 bridgehead atoms. The summed E-state index contributed by atoms with van der Waals surface area (Å²) >= 11 is 0. The molecule has 2 aliphatic heterocycles. The van der Waals surface area contributed by atoms with Crippen LogP contribution in [0.5, 0.6) is 0 Å². The summed E-state index contributed by atoms with van der Waals surface area (Å²) in [7, 11) is 1.70. The minimum atomic E-state index is 0.0590. The first kappa shape index (κ1) is 16.5. The number of methoxy groups -OCH3 is 1. The second-order valence-electron chi connectivity index (χ2n) is 6.90. The molecule has 128 valence electrons. The second kappa shape index (κ2) is 7.05. The molecule has 0 aliphatic carbocycles. The van der Waals surface area contributed by atoms with Crippen molar-refractivity contribution in [3.05, 3.63) is 23.7 Å². The molecule has 5 heteroatoms. The maximum Gasteiger partial charge on any atom is 0.223 e. The Balaban J connectivity index is 1.63. The molecule has 1 spiro atoms. The van der Waals surface area contributed by atoms with Crippen molar-refractivity contribution in [3.8, 4) is 0 Å². The molecule has 1 aromatic rings. The molecular formula is C18H28N2O3. The first-order chi connectivity index (χ1) is 11.1. The van der Waals surface area contributed by atoms with E-state index in [-0.39, 0.29) is 5.54 Å². The van der Waals surface area contributed by atoms with E-state index in [9.17, 15) is 4.79 Å². The van der Waals surface area contributed by atoms with Crippen molar-refractivity contribution in [2.45, 2.75) is 51.1 Å². The van der Waals surface area contributed by atoms with Gasteiger partial charge in [0.05, 0.1) is 13.2 Å². The SMILES string of the molecule is COCCN1C(=O)CC[C@@]12CCCN(Cc1ccc(C)o1)CC2. The summed E-state index contributed by atoms with van der Waals surface area (Å²) in [5.41, 5.74) is 0.0590. The van der Waals surface area contributed by atoms with Gasteiger partial charge in [-0.3, -0.25) is 9.69 Å². The fourth-order valence-electron chi connectivity index (χ4n) is 4.12. The van der Waals surface area contributed by atoms with Gasteiger partial charge in [0.1, 0.15) is 11.5 Å². The predicted octanol–water partition coefficient (Wildman–Crippen LogP) is 2.58. The highest BCUT2D eigenvalue weighted by Gasteiger charge is 2.45. The Morgan fingerprint density at radius 1 is 1.26 bits per heavy atom. The fourth-order valence-corrected chi connectivity index (χ4v) is 4.12. The third-order valence-corrected chi connectivity index (χ3v) is 5.38. The highest BCUT2D eigenvalue weighted by Crippen LogP contribution is 2.39. The zero-order chi connectivity index (χ0) is 16.3. The van der Waals surface area contributed by atoms with E-state index >= 15 is 0 Å². The van der Waals surface area contributed by atoms with Crippen molar-refractivity contribution >= 4 is 5.91 Å². The quantitative estimate of drug-likeness (QED) is 0.836. The summed E-state index contributed by atoms with van der Waals surface area (Å²) in [5, 5.41) is 0. The zero-order valence-electron chi connectivity index (χ0n) is 14.3. The van der Waals surface area contributed by atoms with E-state index in [4.69, 9.17) is 9.15 Å². The lowest BCUT2D eigenvalue weighted by Crippen LogP contribution is -2.47. The monoisotopic (exact) mass is 320 g/mol. The minimum Gasteiger partial charge on any atom is -0.465 e. The Morgan fingerprint density at radius 2 is 2.13 bits per heavy atom. The molecule has 1 aromatic heterocycles. The molecule has 23 heavy (non-hydrogen) atoms. The van der Waals surface area contributed by atoms with Gasteiger partial charge >= 0.3 is 0 Å². The van der Waals surface area contributed by atoms with Gasteiger partial charge in [-0.15, -0.1) is 0 Å². The molecule has 2 fully saturated rings. The van der Waals surface area contributed by atoms with Crippen molar-refractivity contribution in [1.29, 1.82) is 0 Å². The summed E-state index contributed by atoms with van der Waals surface area (Å²) in [4.78, 5) is 16.9. The Bertz CT molecular complexity index is 542. The average Bonchev–Trinajstić information content (AvgIpc) is 2.99. The number of rotatable bonds is 5. The highest BCUT2D eigenvalue weighted by atomic mass is 16.5. The van der Waals surface area contributed by atoms with Crippen LogP contribution in [0.1, 0.15) is 43.6 Å². The smallest absolute Gasteiger partial charge is 0.223 e. The van der Waals surface area contributed by atoms with Gasteiger partial charge < -0.3 is 14.1 Å². The minimum absolute atomic E-state index is 0.0590. The summed E-state index contributed by atoms with van der Waals surface area (Å²) < 4.78 is 10.9. The summed E-state index contributed by atoms with van der Waals surface area (Å²) in [6, 6.07) is 4.09. The zero-order valence-corrected chi connectivity index (χ0v) is 14.3. The molecule has 1 atom stereocenters. The Hall–Kier alpha value is -1.33. The van der Waals surface area contributed by atoms with E-state index < -0.39 is 0 Å². The van der Waals surface area contributed by atoms with Gasteiger partial charge in [-0.05, 0) is 51.3 Å². The molecule has 0 saturated carbocycles. The van der Waals surface area contributed by atoms with Gasteiger partial charge in [0.25, 0.3) is 0 Å². The topological polar surface area (TPSA) is 45.9 Å². The fraction of sp³-hybridized carbons (Fsp3) is 0.722. The molecule has 2 saturated heterocycles. The van der Waals surface area contributed by atoms with E-state index in [1.54, 1.807) is 7.11 Å². The summed E-state index contributed by atoms with van der Waals surface area (Å²) in [5.74, 6) is 2.31. The number of aryl methyl sites for hydroxylation is 1. The van der Waals surface area contributed by atoms with Crippen LogP contribution in [-0.4, -0.2) is 54.6 Å². The third kappa shape index (κ3) is 3.61. The van der Waals surface area contributed by atoms with Crippen LogP contribution >= 0.6 is 0 Å². The van der Waals surface area contributed by atoms with Crippen LogP contribution in [0.15, 0.2) is 16.5 Å². The number of carbonyl (C=O) groups excluding carboxylic acids is 1. The second-order valence-corrected chi connectivity index (χ2v) is 6.90. The molecule has 3 rings (SSSR count). The molecule has 0 unspecified atom stereocenters. The van der Waals surface area contributed by atoms with Gasteiger partial charge in [0, 0.05) is 32.2 Å². The summed E-state index contributed by atoms with van der Waals surface area (Å²) in [6.07, 6.45) is 5.00. The standard InChI is InChI=1S/C18H28N2O3/c1-15-4-5-16(23-15)14-19-10-3-7-18(9-11-19)8-6-17(21)20(18)12-13-22-2/h4-5H,3,6-14H2,1-2H3/t18-/m1/s1. The van der Waals surface area contributed by atoms with E-state index in [1.807, 2.05) is 13.0 Å². The summed E-state index contributed by atoms with van der Waals surface area (Å²) in [6.45, 7) is 6.31. The van der Waals surface area contributed by atoms with E-state index in [2.05, 4.69) is 15.9 Å². The lowest BCUT2D eigenvalue weighted by Gasteiger charge is -2.38. The van der Waals surface area contributed by atoms with Gasteiger partial charge in [-0.1, -0.05) is 0 Å². The Kier molecular flexibility index (Phi) is 5.07.